The minimum absolute atomic E-state index is 0.178. The summed E-state index contributed by atoms with van der Waals surface area (Å²) in [5.41, 5.74) is 5.19. The summed E-state index contributed by atoms with van der Waals surface area (Å²) in [4.78, 5) is 12.0. The molecule has 25 heavy (non-hydrogen) atoms. The molecule has 0 aromatic heterocycles. The summed E-state index contributed by atoms with van der Waals surface area (Å²) < 4.78 is 16.4. The second-order valence-corrected chi connectivity index (χ2v) is 6.03. The maximum absolute atomic E-state index is 12.0. The van der Waals surface area contributed by atoms with Crippen molar-refractivity contribution < 1.29 is 19.0 Å². The molecule has 7 nitrogen and oxygen atoms in total. The van der Waals surface area contributed by atoms with E-state index in [0.717, 1.165) is 25.2 Å². The predicted molar refractivity (Wildman–Crippen MR) is 98.6 cm³/mol. The predicted octanol–water partition coefficient (Wildman–Crippen LogP) is 1.53. The summed E-state index contributed by atoms with van der Waals surface area (Å²) in [5, 5.41) is 3.36. The smallest absolute Gasteiger partial charge is 0.279 e. The minimum atomic E-state index is -0.675. The topological polar surface area (TPSA) is 80.9 Å². The van der Waals surface area contributed by atoms with Crippen molar-refractivity contribution in [1.82, 2.24) is 16.2 Å². The van der Waals surface area contributed by atoms with Gasteiger partial charge < -0.3 is 19.5 Å². The summed E-state index contributed by atoms with van der Waals surface area (Å²) in [6.07, 6.45) is 1.60. The molecule has 1 saturated heterocycles. The molecule has 2 rings (SSSR count). The molecule has 0 bridgehead atoms. The van der Waals surface area contributed by atoms with Crippen molar-refractivity contribution in [3.05, 3.63) is 24.3 Å². The second kappa shape index (κ2) is 10.0. The molecule has 1 fully saturated rings. The van der Waals surface area contributed by atoms with Crippen LogP contribution in [-0.2, 0) is 9.53 Å². The lowest BCUT2D eigenvalue weighted by atomic mass is 10.2. The highest BCUT2D eigenvalue weighted by Gasteiger charge is 2.17. The Kier molecular flexibility index (Phi) is 7.75. The van der Waals surface area contributed by atoms with Crippen LogP contribution >= 0.6 is 12.2 Å². The van der Waals surface area contributed by atoms with Gasteiger partial charge >= 0.3 is 0 Å². The monoisotopic (exact) mass is 367 g/mol. The quantitative estimate of drug-likeness (QED) is 0.498. The second-order valence-electron chi connectivity index (χ2n) is 5.62. The Morgan fingerprint density at radius 1 is 1.32 bits per heavy atom. The van der Waals surface area contributed by atoms with E-state index in [1.54, 1.807) is 31.2 Å². The van der Waals surface area contributed by atoms with Gasteiger partial charge in [0.2, 0.25) is 0 Å². The summed E-state index contributed by atoms with van der Waals surface area (Å²) in [6, 6.07) is 7.11. The van der Waals surface area contributed by atoms with Crippen LogP contribution in [0.4, 0.5) is 0 Å². The van der Waals surface area contributed by atoms with E-state index in [0.29, 0.717) is 24.0 Å². The number of ether oxygens (including phenoxy) is 3. The Balaban J connectivity index is 1.67. The van der Waals surface area contributed by atoms with Crippen LogP contribution in [0.15, 0.2) is 24.3 Å². The molecule has 138 valence electrons. The van der Waals surface area contributed by atoms with Crippen LogP contribution in [-0.4, -0.2) is 43.0 Å². The summed E-state index contributed by atoms with van der Waals surface area (Å²) in [6.45, 7) is 5.61. The van der Waals surface area contributed by atoms with Gasteiger partial charge in [0, 0.05) is 13.2 Å². The van der Waals surface area contributed by atoms with E-state index in [9.17, 15) is 4.79 Å². The SMILES string of the molecule is CCOc1ccc(O[C@@H](C)C(=O)NNC(=S)NC[C@H]2CCCO2)cc1. The van der Waals surface area contributed by atoms with E-state index in [1.165, 1.54) is 0 Å². The molecule has 8 heteroatoms. The fraction of sp³-hybridized carbons (Fsp3) is 0.529. The van der Waals surface area contributed by atoms with Crippen LogP contribution in [0.25, 0.3) is 0 Å². The van der Waals surface area contributed by atoms with Crippen LogP contribution in [0, 0.1) is 0 Å². The number of hydrazine groups is 1. The molecule has 3 N–H and O–H groups in total. The van der Waals surface area contributed by atoms with Crippen LogP contribution in [0.3, 0.4) is 0 Å². The van der Waals surface area contributed by atoms with Gasteiger partial charge in [-0.05, 0) is 63.2 Å². The van der Waals surface area contributed by atoms with Crippen LogP contribution < -0.4 is 25.6 Å². The lowest BCUT2D eigenvalue weighted by molar-refractivity contribution is -0.127. The highest BCUT2D eigenvalue weighted by Crippen LogP contribution is 2.18. The fourth-order valence-corrected chi connectivity index (χ4v) is 2.45. The molecule has 1 heterocycles. The number of hydrogen-bond donors (Lipinski definition) is 3. The normalized spacial score (nSPS) is 17.4. The minimum Gasteiger partial charge on any atom is -0.494 e. The van der Waals surface area contributed by atoms with Crippen molar-refractivity contribution in [1.29, 1.82) is 0 Å². The first-order valence-electron chi connectivity index (χ1n) is 8.43. The molecule has 2 atom stereocenters. The Labute approximate surface area is 153 Å². The van der Waals surface area contributed by atoms with Crippen LogP contribution in [0.2, 0.25) is 0 Å². The number of thiocarbonyl (C=S) groups is 1. The van der Waals surface area contributed by atoms with Crippen molar-refractivity contribution in [3.8, 4) is 11.5 Å². The molecular formula is C17H25N3O4S. The number of amides is 1. The zero-order chi connectivity index (χ0) is 18.1. The van der Waals surface area contributed by atoms with E-state index >= 15 is 0 Å². The van der Waals surface area contributed by atoms with E-state index in [2.05, 4.69) is 16.2 Å². The third-order valence-electron chi connectivity index (χ3n) is 3.63. The highest BCUT2D eigenvalue weighted by atomic mass is 32.1. The molecule has 0 saturated carbocycles. The number of benzene rings is 1. The third-order valence-corrected chi connectivity index (χ3v) is 3.88. The average Bonchev–Trinajstić information content (AvgIpc) is 3.13. The molecule has 1 aliphatic rings. The van der Waals surface area contributed by atoms with Crippen LogP contribution in [0.5, 0.6) is 11.5 Å². The lowest BCUT2D eigenvalue weighted by Crippen LogP contribution is -2.51. The Hall–Kier alpha value is -2.06. The first kappa shape index (κ1) is 19.3. The van der Waals surface area contributed by atoms with Crippen LogP contribution in [0.1, 0.15) is 26.7 Å². The van der Waals surface area contributed by atoms with Gasteiger partial charge in [0.1, 0.15) is 11.5 Å². The van der Waals surface area contributed by atoms with Gasteiger partial charge in [-0.1, -0.05) is 0 Å². The number of carbonyl (C=O) groups excluding carboxylic acids is 1. The molecule has 0 aliphatic carbocycles. The van der Waals surface area contributed by atoms with E-state index < -0.39 is 6.10 Å². The fourth-order valence-electron chi connectivity index (χ4n) is 2.31. The molecule has 1 aliphatic heterocycles. The summed E-state index contributed by atoms with van der Waals surface area (Å²) in [5.74, 6) is 1.02. The molecule has 1 amide bonds. The molecule has 0 radical (unpaired) electrons. The van der Waals surface area contributed by atoms with E-state index in [-0.39, 0.29) is 12.0 Å². The number of rotatable bonds is 7. The Morgan fingerprint density at radius 2 is 2.04 bits per heavy atom. The molecule has 0 unspecified atom stereocenters. The largest absolute Gasteiger partial charge is 0.494 e. The van der Waals surface area contributed by atoms with Crippen molar-refractivity contribution >= 4 is 23.2 Å². The van der Waals surface area contributed by atoms with Gasteiger partial charge in [-0.25, -0.2) is 0 Å². The zero-order valence-electron chi connectivity index (χ0n) is 14.5. The van der Waals surface area contributed by atoms with Gasteiger partial charge in [-0.3, -0.25) is 15.6 Å². The standard InChI is InChI=1S/C17H25N3O4S/c1-3-22-13-6-8-14(9-7-13)24-12(2)16(21)19-20-17(25)18-11-15-5-4-10-23-15/h6-9,12,15H,3-5,10-11H2,1-2H3,(H,19,21)(H2,18,20,25)/t12-,15+/m0/s1. The molecule has 1 aromatic rings. The Bertz CT molecular complexity index is 562. The van der Waals surface area contributed by atoms with E-state index in [4.69, 9.17) is 26.4 Å². The van der Waals surface area contributed by atoms with Crippen molar-refractivity contribution in [2.24, 2.45) is 0 Å². The molecular weight excluding hydrogens is 342 g/mol. The average molecular weight is 367 g/mol. The summed E-state index contributed by atoms with van der Waals surface area (Å²) in [7, 11) is 0. The number of carbonyl (C=O) groups is 1. The molecule has 1 aromatic carbocycles. The highest BCUT2D eigenvalue weighted by molar-refractivity contribution is 7.80. The first-order valence-corrected chi connectivity index (χ1v) is 8.84. The summed E-state index contributed by atoms with van der Waals surface area (Å²) >= 11 is 5.12. The van der Waals surface area contributed by atoms with Gasteiger partial charge in [-0.15, -0.1) is 0 Å². The van der Waals surface area contributed by atoms with Gasteiger partial charge in [0.15, 0.2) is 11.2 Å². The van der Waals surface area contributed by atoms with E-state index in [1.807, 2.05) is 6.92 Å². The van der Waals surface area contributed by atoms with Gasteiger partial charge in [0.25, 0.3) is 5.91 Å². The van der Waals surface area contributed by atoms with Crippen molar-refractivity contribution in [2.75, 3.05) is 19.8 Å². The van der Waals surface area contributed by atoms with Crippen molar-refractivity contribution in [3.63, 3.8) is 0 Å². The van der Waals surface area contributed by atoms with Gasteiger partial charge in [0.05, 0.1) is 12.7 Å². The maximum atomic E-state index is 12.0. The molecule has 0 spiro atoms. The Morgan fingerprint density at radius 3 is 2.68 bits per heavy atom. The lowest BCUT2D eigenvalue weighted by Gasteiger charge is -2.17. The van der Waals surface area contributed by atoms with Crippen molar-refractivity contribution in [2.45, 2.75) is 38.9 Å². The zero-order valence-corrected chi connectivity index (χ0v) is 15.4. The maximum Gasteiger partial charge on any atom is 0.279 e. The number of hydrogen-bond acceptors (Lipinski definition) is 5. The third kappa shape index (κ3) is 6.75. The number of nitrogens with one attached hydrogen (secondary N) is 3. The first-order chi connectivity index (χ1) is 12.1. The van der Waals surface area contributed by atoms with Gasteiger partial charge in [-0.2, -0.15) is 0 Å².